The normalized spacial score (nSPS) is 12.9. The summed E-state index contributed by atoms with van der Waals surface area (Å²) in [6, 6.07) is 14.4. The number of hydrogen-bond acceptors (Lipinski definition) is 4. The lowest BCUT2D eigenvalue weighted by molar-refractivity contribution is 0.588. The van der Waals surface area contributed by atoms with E-state index in [4.69, 9.17) is 5.73 Å². The molecule has 0 heterocycles. The van der Waals surface area contributed by atoms with Gasteiger partial charge in [0, 0.05) is 17.4 Å². The van der Waals surface area contributed by atoms with E-state index >= 15 is 0 Å². The van der Waals surface area contributed by atoms with Crippen LogP contribution in [0.2, 0.25) is 0 Å². The quantitative estimate of drug-likeness (QED) is 0.740. The maximum atomic E-state index is 11.6. The third-order valence-corrected chi connectivity index (χ3v) is 4.66. The molecule has 2 aromatic carbocycles. The van der Waals surface area contributed by atoms with Gasteiger partial charge in [-0.05, 0) is 55.9 Å². The van der Waals surface area contributed by atoms with Gasteiger partial charge < -0.3 is 11.1 Å². The third kappa shape index (κ3) is 3.74. The predicted molar refractivity (Wildman–Crippen MR) is 85.6 cm³/mol. The average molecular weight is 305 g/mol. The van der Waals surface area contributed by atoms with Crippen molar-refractivity contribution in [2.75, 3.05) is 18.1 Å². The molecule has 0 saturated carbocycles. The first-order valence-electron chi connectivity index (χ1n) is 6.58. The lowest BCUT2D eigenvalue weighted by atomic mass is 10.1. The first kappa shape index (κ1) is 15.3. The van der Waals surface area contributed by atoms with E-state index in [0.717, 1.165) is 16.9 Å². The Balaban J connectivity index is 2.14. The summed E-state index contributed by atoms with van der Waals surface area (Å²) in [6.45, 7) is 2.02. The highest BCUT2D eigenvalue weighted by atomic mass is 32.2. The van der Waals surface area contributed by atoms with Crippen LogP contribution in [-0.2, 0) is 10.0 Å². The summed E-state index contributed by atoms with van der Waals surface area (Å²) in [5, 5.41) is 3.31. The molecule has 0 amide bonds. The number of nitrogens with two attached hydrogens (primary N) is 1. The van der Waals surface area contributed by atoms with Crippen LogP contribution in [0.3, 0.4) is 0 Å². The molecule has 0 radical (unpaired) electrons. The van der Waals surface area contributed by atoms with E-state index in [2.05, 4.69) is 10.0 Å². The largest absolute Gasteiger partial charge is 0.399 e. The first-order chi connectivity index (χ1) is 9.92. The van der Waals surface area contributed by atoms with Crippen molar-refractivity contribution >= 4 is 21.4 Å². The van der Waals surface area contributed by atoms with Crippen LogP contribution in [0.4, 0.5) is 11.4 Å². The number of hydrogen-bond donors (Lipinski definition) is 3. The summed E-state index contributed by atoms with van der Waals surface area (Å²) < 4.78 is 25.6. The highest BCUT2D eigenvalue weighted by Crippen LogP contribution is 2.21. The molecule has 2 aromatic rings. The van der Waals surface area contributed by atoms with E-state index in [1.807, 2.05) is 31.2 Å². The second kappa shape index (κ2) is 6.15. The molecule has 112 valence electrons. The maximum absolute atomic E-state index is 11.6. The second-order valence-corrected chi connectivity index (χ2v) is 6.65. The van der Waals surface area contributed by atoms with Crippen LogP contribution >= 0.6 is 0 Å². The van der Waals surface area contributed by atoms with Gasteiger partial charge in [-0.1, -0.05) is 12.1 Å². The fourth-order valence-electron chi connectivity index (χ4n) is 2.01. The van der Waals surface area contributed by atoms with E-state index < -0.39 is 10.0 Å². The Morgan fingerprint density at radius 3 is 2.33 bits per heavy atom. The zero-order chi connectivity index (χ0) is 15.5. The summed E-state index contributed by atoms with van der Waals surface area (Å²) in [6.07, 6.45) is 0. The second-order valence-electron chi connectivity index (χ2n) is 4.77. The van der Waals surface area contributed by atoms with Crippen LogP contribution in [0.15, 0.2) is 53.4 Å². The van der Waals surface area contributed by atoms with Gasteiger partial charge in [-0.25, -0.2) is 13.1 Å². The molecular formula is C15H19N3O2S. The Morgan fingerprint density at radius 1 is 1.10 bits per heavy atom. The monoisotopic (exact) mass is 305 g/mol. The van der Waals surface area contributed by atoms with Crippen molar-refractivity contribution in [3.63, 3.8) is 0 Å². The molecule has 1 unspecified atom stereocenters. The van der Waals surface area contributed by atoms with Crippen LogP contribution in [-0.4, -0.2) is 15.5 Å². The zero-order valence-electron chi connectivity index (χ0n) is 12.0. The Bertz CT molecular complexity index is 712. The molecule has 4 N–H and O–H groups in total. The van der Waals surface area contributed by atoms with Crippen LogP contribution < -0.4 is 15.8 Å². The smallest absolute Gasteiger partial charge is 0.240 e. The molecule has 21 heavy (non-hydrogen) atoms. The minimum absolute atomic E-state index is 0.0697. The van der Waals surface area contributed by atoms with Crippen molar-refractivity contribution in [1.29, 1.82) is 0 Å². The summed E-state index contributed by atoms with van der Waals surface area (Å²) in [7, 11) is -2.00. The molecule has 5 nitrogen and oxygen atoms in total. The lowest BCUT2D eigenvalue weighted by Gasteiger charge is -2.16. The van der Waals surface area contributed by atoms with Gasteiger partial charge in [0.15, 0.2) is 0 Å². The van der Waals surface area contributed by atoms with Crippen LogP contribution in [0.1, 0.15) is 18.5 Å². The number of anilines is 2. The molecular weight excluding hydrogens is 286 g/mol. The molecule has 0 aliphatic carbocycles. The number of nitrogen functional groups attached to an aromatic ring is 1. The van der Waals surface area contributed by atoms with E-state index in [0.29, 0.717) is 0 Å². The Hall–Kier alpha value is -2.05. The number of rotatable bonds is 5. The zero-order valence-corrected chi connectivity index (χ0v) is 12.8. The summed E-state index contributed by atoms with van der Waals surface area (Å²) in [4.78, 5) is 0.243. The molecule has 0 aliphatic rings. The van der Waals surface area contributed by atoms with Gasteiger partial charge in [-0.2, -0.15) is 0 Å². The van der Waals surface area contributed by atoms with Crippen molar-refractivity contribution in [2.45, 2.75) is 17.9 Å². The van der Waals surface area contributed by atoms with Crippen LogP contribution in [0.25, 0.3) is 0 Å². The first-order valence-corrected chi connectivity index (χ1v) is 8.06. The topological polar surface area (TPSA) is 84.2 Å². The molecule has 0 saturated heterocycles. The van der Waals surface area contributed by atoms with Gasteiger partial charge >= 0.3 is 0 Å². The highest BCUT2D eigenvalue weighted by Gasteiger charge is 2.11. The van der Waals surface area contributed by atoms with Crippen molar-refractivity contribution in [3.05, 3.63) is 54.1 Å². The Labute approximate surface area is 125 Å². The van der Waals surface area contributed by atoms with Gasteiger partial charge in [-0.15, -0.1) is 0 Å². The van der Waals surface area contributed by atoms with Crippen LogP contribution in [0.5, 0.6) is 0 Å². The number of nitrogens with one attached hydrogen (secondary N) is 2. The van der Waals surface area contributed by atoms with Crippen molar-refractivity contribution in [2.24, 2.45) is 0 Å². The van der Waals surface area contributed by atoms with E-state index in [-0.39, 0.29) is 10.9 Å². The molecule has 0 aliphatic heterocycles. The van der Waals surface area contributed by atoms with Gasteiger partial charge in [0.05, 0.1) is 4.90 Å². The van der Waals surface area contributed by atoms with Crippen molar-refractivity contribution < 1.29 is 8.42 Å². The molecule has 2 rings (SSSR count). The molecule has 1 atom stereocenters. The molecule has 0 bridgehead atoms. The fraction of sp³-hybridized carbons (Fsp3) is 0.200. The molecule has 0 fully saturated rings. The summed E-state index contributed by atoms with van der Waals surface area (Å²) in [5.74, 6) is 0. The van der Waals surface area contributed by atoms with Crippen molar-refractivity contribution in [1.82, 2.24) is 4.72 Å². The molecule has 0 aromatic heterocycles. The van der Waals surface area contributed by atoms with Gasteiger partial charge in [0.25, 0.3) is 0 Å². The van der Waals surface area contributed by atoms with E-state index in [1.165, 1.54) is 7.05 Å². The summed E-state index contributed by atoms with van der Waals surface area (Å²) in [5.41, 5.74) is 8.41. The Morgan fingerprint density at radius 2 is 1.76 bits per heavy atom. The van der Waals surface area contributed by atoms with E-state index in [9.17, 15) is 8.42 Å². The van der Waals surface area contributed by atoms with E-state index in [1.54, 1.807) is 24.3 Å². The number of benzene rings is 2. The molecule has 0 spiro atoms. The SMILES string of the molecule is CNS(=O)(=O)c1ccc(NC(C)c2cccc(N)c2)cc1. The predicted octanol–water partition coefficient (Wildman–Crippen LogP) is 2.35. The standard InChI is InChI=1S/C15H19N3O2S/c1-11(12-4-3-5-13(16)10-12)18-14-6-8-15(9-7-14)21(19,20)17-2/h3-11,17-18H,16H2,1-2H3. The number of sulfonamides is 1. The average Bonchev–Trinajstić information content (AvgIpc) is 2.48. The minimum atomic E-state index is -3.40. The lowest BCUT2D eigenvalue weighted by Crippen LogP contribution is -2.18. The van der Waals surface area contributed by atoms with Gasteiger partial charge in [0.1, 0.15) is 0 Å². The minimum Gasteiger partial charge on any atom is -0.399 e. The van der Waals surface area contributed by atoms with Gasteiger partial charge in [-0.3, -0.25) is 0 Å². The molecule has 6 heteroatoms. The Kier molecular flexibility index (Phi) is 4.50. The van der Waals surface area contributed by atoms with Crippen LogP contribution in [0, 0.1) is 0 Å². The summed E-state index contributed by atoms with van der Waals surface area (Å²) >= 11 is 0. The van der Waals surface area contributed by atoms with Gasteiger partial charge in [0.2, 0.25) is 10.0 Å². The third-order valence-electron chi connectivity index (χ3n) is 3.23. The van der Waals surface area contributed by atoms with Crippen molar-refractivity contribution in [3.8, 4) is 0 Å². The maximum Gasteiger partial charge on any atom is 0.240 e. The highest BCUT2D eigenvalue weighted by molar-refractivity contribution is 7.89. The fourth-order valence-corrected chi connectivity index (χ4v) is 2.74.